The van der Waals surface area contributed by atoms with Gasteiger partial charge in [0.25, 0.3) is 0 Å². The third kappa shape index (κ3) is 5.22. The van der Waals surface area contributed by atoms with Crippen molar-refractivity contribution in [1.29, 1.82) is 0 Å². The Kier molecular flexibility index (Phi) is 6.57. The van der Waals surface area contributed by atoms with Crippen molar-refractivity contribution in [3.8, 4) is 11.5 Å². The van der Waals surface area contributed by atoms with Crippen LogP contribution in [0, 0.1) is 6.92 Å². The maximum Gasteiger partial charge on any atom is 0.329 e. The summed E-state index contributed by atoms with van der Waals surface area (Å²) >= 11 is 5.85. The molecule has 136 valence electrons. The van der Waals surface area contributed by atoms with Crippen LogP contribution in [-0.2, 0) is 9.59 Å². The maximum absolute atomic E-state index is 11.9. The summed E-state index contributed by atoms with van der Waals surface area (Å²) in [5.41, 5.74) is 3.94. The van der Waals surface area contributed by atoms with E-state index in [0.717, 1.165) is 5.56 Å². The number of aryl methyl sites for hydroxylation is 1. The lowest BCUT2D eigenvalue weighted by molar-refractivity contribution is -0.136. The van der Waals surface area contributed by atoms with E-state index >= 15 is 0 Å². The van der Waals surface area contributed by atoms with Gasteiger partial charge >= 0.3 is 11.8 Å². The minimum absolute atomic E-state index is 0.00532. The minimum Gasteiger partial charge on any atom is -0.504 e. The molecule has 0 saturated carbocycles. The number of carbonyl (C=O) groups is 2. The highest BCUT2D eigenvalue weighted by Gasteiger charge is 2.14. The van der Waals surface area contributed by atoms with Crippen molar-refractivity contribution >= 4 is 35.3 Å². The highest BCUT2D eigenvalue weighted by Crippen LogP contribution is 2.26. The molecular weight excluding hydrogens is 358 g/mol. The number of ether oxygens (including phenoxy) is 1. The number of amides is 2. The second-order valence-electron chi connectivity index (χ2n) is 5.27. The van der Waals surface area contributed by atoms with Crippen LogP contribution in [0.3, 0.4) is 0 Å². The maximum atomic E-state index is 11.9. The molecule has 2 rings (SSSR count). The van der Waals surface area contributed by atoms with Gasteiger partial charge in [-0.2, -0.15) is 5.10 Å². The van der Waals surface area contributed by atoms with Gasteiger partial charge < -0.3 is 15.2 Å². The van der Waals surface area contributed by atoms with Gasteiger partial charge in [0.05, 0.1) is 12.8 Å². The van der Waals surface area contributed by atoms with Crippen molar-refractivity contribution in [1.82, 2.24) is 5.43 Å². The number of hydrazone groups is 1. The zero-order valence-electron chi connectivity index (χ0n) is 14.2. The van der Waals surface area contributed by atoms with Crippen LogP contribution in [0.25, 0.3) is 0 Å². The normalized spacial score (nSPS) is 10.6. The standard InChI is InChI=1S/C18H18ClN3O4/c1-3-26-16-9-12(4-7-15(16)23)10-20-22-18(25)17(24)21-14-6-5-13(19)8-11(14)2/h4-10,23H,3H2,1-2H3,(H,21,24)(H,22,25). The molecule has 0 bridgehead atoms. The smallest absolute Gasteiger partial charge is 0.329 e. The summed E-state index contributed by atoms with van der Waals surface area (Å²) in [6.45, 7) is 3.95. The fraction of sp³-hybridized carbons (Fsp3) is 0.167. The Labute approximate surface area is 155 Å². The lowest BCUT2D eigenvalue weighted by Gasteiger charge is -2.07. The number of nitrogens with zero attached hydrogens (tertiary/aromatic N) is 1. The second-order valence-corrected chi connectivity index (χ2v) is 5.71. The Hall–Kier alpha value is -3.06. The number of phenols is 1. The molecule has 0 fully saturated rings. The van der Waals surface area contributed by atoms with Gasteiger partial charge in [-0.25, -0.2) is 5.43 Å². The number of aromatic hydroxyl groups is 1. The van der Waals surface area contributed by atoms with Gasteiger partial charge in [-0.15, -0.1) is 0 Å². The highest BCUT2D eigenvalue weighted by molar-refractivity contribution is 6.39. The SMILES string of the molecule is CCOc1cc(C=NNC(=O)C(=O)Nc2ccc(Cl)cc2C)ccc1O. The van der Waals surface area contributed by atoms with E-state index in [0.29, 0.717) is 28.6 Å². The predicted octanol–water partition coefficient (Wildman–Crippen LogP) is 2.84. The largest absolute Gasteiger partial charge is 0.504 e. The Morgan fingerprint density at radius 3 is 2.69 bits per heavy atom. The lowest BCUT2D eigenvalue weighted by atomic mass is 10.2. The molecule has 8 heteroatoms. The zero-order chi connectivity index (χ0) is 19.1. The second kappa shape index (κ2) is 8.87. The van der Waals surface area contributed by atoms with Gasteiger partial charge in [0.15, 0.2) is 11.5 Å². The molecule has 2 amide bonds. The van der Waals surface area contributed by atoms with Crippen molar-refractivity contribution in [2.45, 2.75) is 13.8 Å². The van der Waals surface area contributed by atoms with Gasteiger partial charge in [-0.3, -0.25) is 9.59 Å². The van der Waals surface area contributed by atoms with Crippen LogP contribution >= 0.6 is 11.6 Å². The Bertz CT molecular complexity index is 852. The molecule has 0 radical (unpaired) electrons. The van der Waals surface area contributed by atoms with Crippen LogP contribution in [-0.4, -0.2) is 29.7 Å². The Morgan fingerprint density at radius 2 is 2.00 bits per heavy atom. The fourth-order valence-electron chi connectivity index (χ4n) is 2.04. The number of phenolic OH excluding ortho intramolecular Hbond substituents is 1. The molecule has 7 nitrogen and oxygen atoms in total. The number of benzene rings is 2. The van der Waals surface area contributed by atoms with E-state index in [1.165, 1.54) is 12.3 Å². The summed E-state index contributed by atoms with van der Waals surface area (Å²) in [6.07, 6.45) is 1.33. The molecule has 2 aromatic rings. The average molecular weight is 376 g/mol. The van der Waals surface area contributed by atoms with Gasteiger partial charge in [0.2, 0.25) is 0 Å². The first-order valence-electron chi connectivity index (χ1n) is 7.77. The summed E-state index contributed by atoms with van der Waals surface area (Å²) in [7, 11) is 0. The molecule has 0 atom stereocenters. The van der Waals surface area contributed by atoms with Crippen LogP contribution in [0.1, 0.15) is 18.1 Å². The molecule has 0 aromatic heterocycles. The van der Waals surface area contributed by atoms with E-state index in [2.05, 4.69) is 15.8 Å². The number of halogens is 1. The van der Waals surface area contributed by atoms with E-state index in [4.69, 9.17) is 16.3 Å². The summed E-state index contributed by atoms with van der Waals surface area (Å²) in [5, 5.41) is 16.4. The molecule has 0 spiro atoms. The van der Waals surface area contributed by atoms with Gasteiger partial charge in [-0.05, 0) is 61.4 Å². The van der Waals surface area contributed by atoms with E-state index in [9.17, 15) is 14.7 Å². The fourth-order valence-corrected chi connectivity index (χ4v) is 2.27. The van der Waals surface area contributed by atoms with Crippen LogP contribution in [0.4, 0.5) is 5.69 Å². The quantitative estimate of drug-likeness (QED) is 0.425. The summed E-state index contributed by atoms with van der Waals surface area (Å²) in [6, 6.07) is 9.49. The van der Waals surface area contributed by atoms with Crippen LogP contribution < -0.4 is 15.5 Å². The average Bonchev–Trinajstić information content (AvgIpc) is 2.60. The number of nitrogens with one attached hydrogen (secondary N) is 2. The molecule has 0 saturated heterocycles. The number of rotatable bonds is 5. The van der Waals surface area contributed by atoms with E-state index in [1.807, 2.05) is 0 Å². The van der Waals surface area contributed by atoms with E-state index in [1.54, 1.807) is 44.2 Å². The van der Waals surface area contributed by atoms with Crippen LogP contribution in [0.2, 0.25) is 5.02 Å². The van der Waals surface area contributed by atoms with Crippen LogP contribution in [0.15, 0.2) is 41.5 Å². The first kappa shape index (κ1) is 19.3. The summed E-state index contributed by atoms with van der Waals surface area (Å²) < 4.78 is 5.26. The number of hydrogen-bond donors (Lipinski definition) is 3. The first-order valence-corrected chi connectivity index (χ1v) is 8.15. The number of hydrogen-bond acceptors (Lipinski definition) is 5. The molecular formula is C18H18ClN3O4. The topological polar surface area (TPSA) is 100 Å². The minimum atomic E-state index is -0.917. The van der Waals surface area contributed by atoms with Crippen molar-refractivity contribution in [2.24, 2.45) is 5.10 Å². The zero-order valence-corrected chi connectivity index (χ0v) is 15.0. The highest BCUT2D eigenvalue weighted by atomic mass is 35.5. The molecule has 26 heavy (non-hydrogen) atoms. The van der Waals surface area contributed by atoms with E-state index < -0.39 is 11.8 Å². The molecule has 0 aliphatic rings. The molecule has 0 unspecified atom stereocenters. The third-order valence-electron chi connectivity index (χ3n) is 3.31. The van der Waals surface area contributed by atoms with Gasteiger partial charge in [0, 0.05) is 10.7 Å². The van der Waals surface area contributed by atoms with Crippen LogP contribution in [0.5, 0.6) is 11.5 Å². The van der Waals surface area contributed by atoms with Gasteiger partial charge in [-0.1, -0.05) is 11.6 Å². The Balaban J connectivity index is 1.96. The third-order valence-corrected chi connectivity index (χ3v) is 3.54. The number of carbonyl (C=O) groups excluding carboxylic acids is 2. The molecule has 0 aliphatic heterocycles. The lowest BCUT2D eigenvalue weighted by Crippen LogP contribution is -2.32. The molecule has 3 N–H and O–H groups in total. The van der Waals surface area contributed by atoms with E-state index in [-0.39, 0.29) is 5.75 Å². The monoisotopic (exact) mass is 375 g/mol. The Morgan fingerprint density at radius 1 is 1.23 bits per heavy atom. The van der Waals surface area contributed by atoms with Crippen molar-refractivity contribution in [3.63, 3.8) is 0 Å². The molecule has 0 aliphatic carbocycles. The molecule has 0 heterocycles. The first-order chi connectivity index (χ1) is 12.4. The van der Waals surface area contributed by atoms with Crippen molar-refractivity contribution < 1.29 is 19.4 Å². The predicted molar refractivity (Wildman–Crippen MR) is 99.8 cm³/mol. The van der Waals surface area contributed by atoms with Crippen molar-refractivity contribution in [2.75, 3.05) is 11.9 Å². The van der Waals surface area contributed by atoms with Gasteiger partial charge in [0.1, 0.15) is 0 Å². The number of anilines is 1. The summed E-state index contributed by atoms with van der Waals surface area (Å²) in [5.74, 6) is -1.46. The summed E-state index contributed by atoms with van der Waals surface area (Å²) in [4.78, 5) is 23.7. The molecule has 2 aromatic carbocycles. The van der Waals surface area contributed by atoms with Crippen molar-refractivity contribution in [3.05, 3.63) is 52.5 Å².